The average molecular weight is 205 g/mol. The number of rotatable bonds is 3. The van der Waals surface area contributed by atoms with E-state index >= 15 is 0 Å². The van der Waals surface area contributed by atoms with E-state index < -0.39 is 16.6 Å². The fourth-order valence-electron chi connectivity index (χ4n) is 1.65. The summed E-state index contributed by atoms with van der Waals surface area (Å²) in [6.45, 7) is 5.27. The molecule has 0 amide bonds. The number of β-amino-alcohol motifs (C(OH)–C–C–N with tert-alkyl or cyclic N) is 1. The van der Waals surface area contributed by atoms with Crippen molar-refractivity contribution in [3.8, 4) is 0 Å². The van der Waals surface area contributed by atoms with Crippen LogP contribution in [0.15, 0.2) is 0 Å². The van der Waals surface area contributed by atoms with Gasteiger partial charge in [-0.1, -0.05) is 6.92 Å². The molecule has 0 aliphatic carbocycles. The molecule has 0 bridgehead atoms. The van der Waals surface area contributed by atoms with Gasteiger partial charge in [-0.25, -0.2) is 8.51 Å². The SMILES string of the molecule is CCCS(=O)N1CCCC(C)(O)C1. The molecule has 4 heteroatoms. The van der Waals surface area contributed by atoms with E-state index in [1.54, 1.807) is 0 Å². The lowest BCUT2D eigenvalue weighted by atomic mass is 9.97. The van der Waals surface area contributed by atoms with E-state index in [1.807, 2.05) is 18.2 Å². The Bertz CT molecular complexity index is 194. The molecule has 13 heavy (non-hydrogen) atoms. The maximum atomic E-state index is 11.6. The van der Waals surface area contributed by atoms with Crippen LogP contribution in [-0.2, 0) is 11.0 Å². The molecule has 0 saturated carbocycles. The van der Waals surface area contributed by atoms with Crippen LogP contribution in [0.1, 0.15) is 33.1 Å². The highest BCUT2D eigenvalue weighted by atomic mass is 32.2. The third-order valence-corrected chi connectivity index (χ3v) is 3.95. The van der Waals surface area contributed by atoms with Crippen molar-refractivity contribution in [2.45, 2.75) is 38.7 Å². The van der Waals surface area contributed by atoms with Gasteiger partial charge >= 0.3 is 0 Å². The first-order valence-corrected chi connectivity index (χ1v) is 6.18. The van der Waals surface area contributed by atoms with Gasteiger partial charge in [-0.2, -0.15) is 0 Å². The van der Waals surface area contributed by atoms with Crippen LogP contribution >= 0.6 is 0 Å². The molecule has 78 valence electrons. The molecule has 1 saturated heterocycles. The zero-order valence-electron chi connectivity index (χ0n) is 8.45. The molecular formula is C9H19NO2S. The maximum Gasteiger partial charge on any atom is 0.0943 e. The summed E-state index contributed by atoms with van der Waals surface area (Å²) < 4.78 is 13.5. The summed E-state index contributed by atoms with van der Waals surface area (Å²) in [6, 6.07) is 0. The highest BCUT2D eigenvalue weighted by Crippen LogP contribution is 2.21. The zero-order valence-corrected chi connectivity index (χ0v) is 9.27. The molecule has 0 radical (unpaired) electrons. The second kappa shape index (κ2) is 4.53. The first-order chi connectivity index (χ1) is 6.05. The summed E-state index contributed by atoms with van der Waals surface area (Å²) in [7, 11) is -0.880. The van der Waals surface area contributed by atoms with Gasteiger partial charge in [0.25, 0.3) is 0 Å². The predicted octanol–water partition coefficient (Wildman–Crippen LogP) is 0.907. The molecule has 2 atom stereocenters. The van der Waals surface area contributed by atoms with Crippen molar-refractivity contribution in [1.82, 2.24) is 4.31 Å². The Hall–Kier alpha value is 0.0700. The molecule has 2 unspecified atom stereocenters. The van der Waals surface area contributed by atoms with Crippen LogP contribution in [0.5, 0.6) is 0 Å². The maximum absolute atomic E-state index is 11.6. The minimum atomic E-state index is -0.880. The van der Waals surface area contributed by atoms with Crippen molar-refractivity contribution in [1.29, 1.82) is 0 Å². The Morgan fingerprint density at radius 1 is 1.62 bits per heavy atom. The summed E-state index contributed by atoms with van der Waals surface area (Å²) in [4.78, 5) is 0. The minimum Gasteiger partial charge on any atom is -0.389 e. The van der Waals surface area contributed by atoms with E-state index in [1.165, 1.54) is 0 Å². The lowest BCUT2D eigenvalue weighted by Crippen LogP contribution is -2.47. The second-order valence-corrected chi connectivity index (χ2v) is 5.56. The molecule has 1 rings (SSSR count). The summed E-state index contributed by atoms with van der Waals surface area (Å²) in [6.07, 6.45) is 2.71. The Labute approximate surface area is 82.7 Å². The topological polar surface area (TPSA) is 40.5 Å². The van der Waals surface area contributed by atoms with E-state index in [0.29, 0.717) is 6.54 Å². The van der Waals surface area contributed by atoms with Crippen molar-refractivity contribution in [3.05, 3.63) is 0 Å². The van der Waals surface area contributed by atoms with Crippen molar-refractivity contribution in [2.24, 2.45) is 0 Å². The third-order valence-electron chi connectivity index (χ3n) is 2.31. The van der Waals surface area contributed by atoms with Crippen LogP contribution in [0.3, 0.4) is 0 Å². The predicted molar refractivity (Wildman–Crippen MR) is 54.7 cm³/mol. The summed E-state index contributed by atoms with van der Waals surface area (Å²) in [5.41, 5.74) is -0.637. The highest BCUT2D eigenvalue weighted by Gasteiger charge is 2.30. The van der Waals surface area contributed by atoms with E-state index in [9.17, 15) is 9.32 Å². The van der Waals surface area contributed by atoms with Crippen LogP contribution < -0.4 is 0 Å². The second-order valence-electron chi connectivity index (χ2n) is 3.99. The van der Waals surface area contributed by atoms with Gasteiger partial charge in [-0.3, -0.25) is 0 Å². The molecule has 3 nitrogen and oxygen atoms in total. The zero-order chi connectivity index (χ0) is 9.90. The van der Waals surface area contributed by atoms with Gasteiger partial charge in [0.15, 0.2) is 0 Å². The number of piperidine rings is 1. The van der Waals surface area contributed by atoms with Crippen LogP contribution in [0.4, 0.5) is 0 Å². The Morgan fingerprint density at radius 3 is 2.85 bits per heavy atom. The van der Waals surface area contributed by atoms with Gasteiger partial charge in [0.2, 0.25) is 0 Å². The van der Waals surface area contributed by atoms with Crippen LogP contribution in [0, 0.1) is 0 Å². The van der Waals surface area contributed by atoms with Crippen LogP contribution in [0.25, 0.3) is 0 Å². The first-order valence-electron chi connectivity index (χ1n) is 4.91. The molecule has 1 aliphatic rings. The number of nitrogens with zero attached hydrogens (tertiary/aromatic N) is 1. The summed E-state index contributed by atoms with van der Waals surface area (Å²) in [5.74, 6) is 0.718. The minimum absolute atomic E-state index is 0.555. The van der Waals surface area contributed by atoms with Gasteiger partial charge in [-0.05, 0) is 26.2 Å². The summed E-state index contributed by atoms with van der Waals surface area (Å²) >= 11 is 0. The van der Waals surface area contributed by atoms with E-state index in [4.69, 9.17) is 0 Å². The lowest BCUT2D eigenvalue weighted by molar-refractivity contribution is 0.0108. The standard InChI is InChI=1S/C9H19NO2S/c1-3-7-13(12)10-6-4-5-9(2,11)8-10/h11H,3-8H2,1-2H3. The molecule has 1 fully saturated rings. The molecule has 1 heterocycles. The smallest absolute Gasteiger partial charge is 0.0943 e. The van der Waals surface area contributed by atoms with E-state index in [-0.39, 0.29) is 0 Å². The summed E-state index contributed by atoms with van der Waals surface area (Å²) in [5, 5.41) is 9.79. The molecule has 0 aromatic rings. The van der Waals surface area contributed by atoms with Gasteiger partial charge in [-0.15, -0.1) is 0 Å². The monoisotopic (exact) mass is 205 g/mol. The number of hydrogen-bond donors (Lipinski definition) is 1. The molecule has 0 aromatic heterocycles. The van der Waals surface area contributed by atoms with E-state index in [2.05, 4.69) is 0 Å². The Morgan fingerprint density at radius 2 is 2.31 bits per heavy atom. The van der Waals surface area contributed by atoms with Gasteiger partial charge in [0, 0.05) is 18.8 Å². The van der Waals surface area contributed by atoms with E-state index in [0.717, 1.165) is 31.6 Å². The highest BCUT2D eigenvalue weighted by molar-refractivity contribution is 7.82. The number of hydrogen-bond acceptors (Lipinski definition) is 2. The van der Waals surface area contributed by atoms with Gasteiger partial charge in [0.1, 0.15) is 0 Å². The Kier molecular flexibility index (Phi) is 3.88. The van der Waals surface area contributed by atoms with Gasteiger partial charge in [0.05, 0.1) is 16.6 Å². The number of aliphatic hydroxyl groups is 1. The normalized spacial score (nSPS) is 33.2. The van der Waals surface area contributed by atoms with Gasteiger partial charge < -0.3 is 5.11 Å². The quantitative estimate of drug-likeness (QED) is 0.744. The first kappa shape index (κ1) is 11.1. The van der Waals surface area contributed by atoms with Crippen LogP contribution in [0.2, 0.25) is 0 Å². The molecular weight excluding hydrogens is 186 g/mol. The van der Waals surface area contributed by atoms with Crippen molar-refractivity contribution in [2.75, 3.05) is 18.8 Å². The fraction of sp³-hybridized carbons (Fsp3) is 1.00. The molecule has 0 aromatic carbocycles. The van der Waals surface area contributed by atoms with Crippen LogP contribution in [-0.4, -0.2) is 38.1 Å². The average Bonchev–Trinajstić information content (AvgIpc) is 2.03. The largest absolute Gasteiger partial charge is 0.389 e. The van der Waals surface area contributed by atoms with Crippen molar-refractivity contribution in [3.63, 3.8) is 0 Å². The Balaban J connectivity index is 2.47. The van der Waals surface area contributed by atoms with Crippen molar-refractivity contribution >= 4 is 11.0 Å². The fourth-order valence-corrected chi connectivity index (χ4v) is 3.01. The lowest BCUT2D eigenvalue weighted by Gasteiger charge is -2.35. The third kappa shape index (κ3) is 3.37. The molecule has 1 N–H and O–H groups in total. The molecule has 1 aliphatic heterocycles. The van der Waals surface area contributed by atoms with Crippen molar-refractivity contribution < 1.29 is 9.32 Å². The molecule has 0 spiro atoms.